The van der Waals surface area contributed by atoms with Gasteiger partial charge < -0.3 is 10.0 Å². The number of nitrogens with one attached hydrogen (secondary N) is 1. The number of aliphatic hydroxyl groups excluding tert-OH is 1. The quantitative estimate of drug-likeness (QED) is 0.533. The molecule has 2 aromatic rings. The second-order valence-electron chi connectivity index (χ2n) is 9.46. The molecule has 4 rings (SSSR count). The Balaban J connectivity index is 1.34. The van der Waals surface area contributed by atoms with E-state index in [1.54, 1.807) is 11.8 Å². The van der Waals surface area contributed by atoms with E-state index in [9.17, 15) is 19.5 Å². The number of imide groups is 1. The van der Waals surface area contributed by atoms with Crippen molar-refractivity contribution in [3.63, 3.8) is 0 Å². The highest BCUT2D eigenvalue weighted by molar-refractivity contribution is 6.07. The van der Waals surface area contributed by atoms with Crippen LogP contribution in [-0.2, 0) is 14.4 Å². The van der Waals surface area contributed by atoms with Crippen molar-refractivity contribution in [2.24, 2.45) is 5.41 Å². The monoisotopic (exact) mass is 458 g/mol. The Labute approximate surface area is 200 Å². The molecule has 6 heteroatoms. The molecule has 2 heterocycles. The predicted molar refractivity (Wildman–Crippen MR) is 129 cm³/mol. The van der Waals surface area contributed by atoms with Gasteiger partial charge in [-0.05, 0) is 61.9 Å². The molecular formula is C28H30N2O4. The van der Waals surface area contributed by atoms with Gasteiger partial charge in [-0.25, -0.2) is 0 Å². The maximum atomic E-state index is 13.0. The fraction of sp³-hybridized carbons (Fsp3) is 0.393. The van der Waals surface area contributed by atoms with Gasteiger partial charge in [0, 0.05) is 37.1 Å². The van der Waals surface area contributed by atoms with E-state index in [0.29, 0.717) is 19.0 Å². The standard InChI is InChI=1S/C28H30N2O4/c1-20(31)17-28(18-25(32)29-27(28)34)19-26(33)30-15-13-24(14-16-30)23-11-9-22(10-12-23)8-7-21-5-3-2-4-6-21/h2-6,9-12,20,24,31H,13-19H2,1H3,(H,29,32,34). The van der Waals surface area contributed by atoms with E-state index in [2.05, 4.69) is 29.3 Å². The molecule has 2 N–H and O–H groups in total. The lowest BCUT2D eigenvalue weighted by Gasteiger charge is -2.35. The summed E-state index contributed by atoms with van der Waals surface area (Å²) in [6, 6.07) is 18.2. The van der Waals surface area contributed by atoms with Crippen molar-refractivity contribution in [3.8, 4) is 11.8 Å². The minimum absolute atomic E-state index is 0.0432. The predicted octanol–water partition coefficient (Wildman–Crippen LogP) is 2.99. The third-order valence-corrected chi connectivity index (χ3v) is 6.76. The van der Waals surface area contributed by atoms with Gasteiger partial charge in [-0.2, -0.15) is 0 Å². The molecular weight excluding hydrogens is 428 g/mol. The molecule has 34 heavy (non-hydrogen) atoms. The van der Waals surface area contributed by atoms with Crippen LogP contribution in [0.3, 0.4) is 0 Å². The van der Waals surface area contributed by atoms with Crippen LogP contribution in [0.5, 0.6) is 0 Å². The SMILES string of the molecule is CC(O)CC1(CC(=O)N2CCC(c3ccc(C#Cc4ccccc4)cc3)CC2)CC(=O)NC1=O. The minimum Gasteiger partial charge on any atom is -0.393 e. The number of rotatable bonds is 5. The molecule has 3 amide bonds. The van der Waals surface area contributed by atoms with E-state index in [0.717, 1.165) is 24.0 Å². The van der Waals surface area contributed by atoms with E-state index in [-0.39, 0.29) is 31.1 Å². The minimum atomic E-state index is -1.14. The molecule has 0 radical (unpaired) electrons. The van der Waals surface area contributed by atoms with Crippen molar-refractivity contribution in [1.29, 1.82) is 0 Å². The Morgan fingerprint density at radius 3 is 2.24 bits per heavy atom. The summed E-state index contributed by atoms with van der Waals surface area (Å²) in [5.41, 5.74) is 2.05. The number of aliphatic hydroxyl groups is 1. The molecule has 2 aliphatic heterocycles. The molecule has 2 fully saturated rings. The number of carbonyl (C=O) groups is 3. The summed E-state index contributed by atoms with van der Waals surface area (Å²) in [5, 5.41) is 12.2. The van der Waals surface area contributed by atoms with E-state index >= 15 is 0 Å². The highest BCUT2D eigenvalue weighted by Gasteiger charge is 2.49. The van der Waals surface area contributed by atoms with E-state index < -0.39 is 17.4 Å². The summed E-state index contributed by atoms with van der Waals surface area (Å²) in [6.45, 7) is 2.80. The Hall–Kier alpha value is -3.43. The van der Waals surface area contributed by atoms with Gasteiger partial charge in [-0.15, -0.1) is 0 Å². The van der Waals surface area contributed by atoms with Crippen molar-refractivity contribution >= 4 is 17.7 Å². The number of benzene rings is 2. The number of likely N-dealkylation sites (tertiary alicyclic amines) is 1. The Morgan fingerprint density at radius 2 is 1.68 bits per heavy atom. The summed E-state index contributed by atoms with van der Waals surface area (Å²) in [5.74, 6) is 5.77. The van der Waals surface area contributed by atoms with Crippen LogP contribution < -0.4 is 5.32 Å². The first kappa shape index (κ1) is 23.7. The van der Waals surface area contributed by atoms with Gasteiger partial charge in [-0.1, -0.05) is 42.2 Å². The number of piperidine rings is 1. The molecule has 0 bridgehead atoms. The van der Waals surface area contributed by atoms with Gasteiger partial charge in [0.2, 0.25) is 17.7 Å². The molecule has 0 aliphatic carbocycles. The Bertz CT molecular complexity index is 1110. The molecule has 6 nitrogen and oxygen atoms in total. The molecule has 2 aromatic carbocycles. The van der Waals surface area contributed by atoms with Crippen LogP contribution in [0.25, 0.3) is 0 Å². The summed E-state index contributed by atoms with van der Waals surface area (Å²) < 4.78 is 0. The first-order chi connectivity index (χ1) is 16.3. The van der Waals surface area contributed by atoms with Crippen LogP contribution in [0.2, 0.25) is 0 Å². The van der Waals surface area contributed by atoms with Gasteiger partial charge >= 0.3 is 0 Å². The topological polar surface area (TPSA) is 86.7 Å². The number of hydrogen-bond acceptors (Lipinski definition) is 4. The van der Waals surface area contributed by atoms with Gasteiger partial charge in [-0.3, -0.25) is 19.7 Å². The molecule has 176 valence electrons. The normalized spacial score (nSPS) is 21.5. The fourth-order valence-electron chi connectivity index (χ4n) is 5.00. The molecule has 2 atom stereocenters. The third kappa shape index (κ3) is 5.55. The lowest BCUT2D eigenvalue weighted by Crippen LogP contribution is -2.43. The van der Waals surface area contributed by atoms with Crippen molar-refractivity contribution in [3.05, 3.63) is 71.3 Å². The summed E-state index contributed by atoms with van der Waals surface area (Å²) in [6.07, 6.45) is 0.931. The molecule has 0 saturated carbocycles. The lowest BCUT2D eigenvalue weighted by molar-refractivity contribution is -0.141. The van der Waals surface area contributed by atoms with E-state index in [1.807, 2.05) is 42.5 Å². The van der Waals surface area contributed by atoms with E-state index in [1.165, 1.54) is 5.56 Å². The van der Waals surface area contributed by atoms with Crippen LogP contribution in [0, 0.1) is 17.3 Å². The number of hydrogen-bond donors (Lipinski definition) is 2. The second kappa shape index (κ2) is 10.2. The third-order valence-electron chi connectivity index (χ3n) is 6.76. The first-order valence-corrected chi connectivity index (χ1v) is 11.8. The van der Waals surface area contributed by atoms with Gasteiger partial charge in [0.05, 0.1) is 11.5 Å². The number of nitrogens with zero attached hydrogens (tertiary/aromatic N) is 1. The molecule has 0 spiro atoms. The number of carbonyl (C=O) groups excluding carboxylic acids is 3. The molecule has 2 saturated heterocycles. The Morgan fingerprint density at radius 1 is 1.06 bits per heavy atom. The summed E-state index contributed by atoms with van der Waals surface area (Å²) in [4.78, 5) is 39.0. The molecule has 2 aliphatic rings. The zero-order valence-electron chi connectivity index (χ0n) is 19.4. The highest BCUT2D eigenvalue weighted by Crippen LogP contribution is 2.38. The van der Waals surface area contributed by atoms with Crippen molar-refractivity contribution in [1.82, 2.24) is 10.2 Å². The Kier molecular flexibility index (Phi) is 7.14. The summed E-state index contributed by atoms with van der Waals surface area (Å²) in [7, 11) is 0. The average Bonchev–Trinajstić information content (AvgIpc) is 3.10. The zero-order chi connectivity index (χ0) is 24.1. The smallest absolute Gasteiger partial charge is 0.233 e. The van der Waals surface area contributed by atoms with Crippen molar-refractivity contribution < 1.29 is 19.5 Å². The largest absolute Gasteiger partial charge is 0.393 e. The molecule has 0 aromatic heterocycles. The summed E-state index contributed by atoms with van der Waals surface area (Å²) >= 11 is 0. The lowest BCUT2D eigenvalue weighted by atomic mass is 9.77. The fourth-order valence-corrected chi connectivity index (χ4v) is 5.00. The maximum absolute atomic E-state index is 13.0. The van der Waals surface area contributed by atoms with Crippen LogP contribution in [0.15, 0.2) is 54.6 Å². The second-order valence-corrected chi connectivity index (χ2v) is 9.46. The zero-order valence-corrected chi connectivity index (χ0v) is 19.4. The van der Waals surface area contributed by atoms with Gasteiger partial charge in [0.15, 0.2) is 0 Å². The first-order valence-electron chi connectivity index (χ1n) is 11.8. The van der Waals surface area contributed by atoms with Gasteiger partial charge in [0.25, 0.3) is 0 Å². The van der Waals surface area contributed by atoms with Crippen LogP contribution in [0.4, 0.5) is 0 Å². The van der Waals surface area contributed by atoms with Gasteiger partial charge in [0.1, 0.15) is 0 Å². The highest BCUT2D eigenvalue weighted by atomic mass is 16.3. The maximum Gasteiger partial charge on any atom is 0.233 e. The van der Waals surface area contributed by atoms with Crippen LogP contribution in [0.1, 0.15) is 61.6 Å². The molecule has 2 unspecified atom stereocenters. The van der Waals surface area contributed by atoms with Crippen LogP contribution in [-0.4, -0.2) is 46.9 Å². The van der Waals surface area contributed by atoms with Crippen LogP contribution >= 0.6 is 0 Å². The van der Waals surface area contributed by atoms with Crippen molar-refractivity contribution in [2.45, 2.75) is 51.0 Å². The average molecular weight is 459 g/mol. The number of amides is 3. The van der Waals surface area contributed by atoms with Crippen molar-refractivity contribution in [2.75, 3.05) is 13.1 Å². The van der Waals surface area contributed by atoms with E-state index in [4.69, 9.17) is 0 Å².